The lowest BCUT2D eigenvalue weighted by Crippen LogP contribution is -2.45. The van der Waals surface area contributed by atoms with Gasteiger partial charge in [0.2, 0.25) is 0 Å². The summed E-state index contributed by atoms with van der Waals surface area (Å²) in [4.78, 5) is 4.59. The van der Waals surface area contributed by atoms with Crippen molar-refractivity contribution in [1.82, 2.24) is 10.6 Å². The van der Waals surface area contributed by atoms with E-state index >= 15 is 0 Å². The zero-order valence-electron chi connectivity index (χ0n) is 15.0. The van der Waals surface area contributed by atoms with Crippen LogP contribution in [0, 0.1) is 0 Å². The molecule has 3 N–H and O–H groups in total. The van der Waals surface area contributed by atoms with Gasteiger partial charge in [-0.05, 0) is 50.8 Å². The molecule has 1 aromatic rings. The predicted octanol–water partition coefficient (Wildman–Crippen LogP) is 4.24. The molecule has 0 spiro atoms. The summed E-state index contributed by atoms with van der Waals surface area (Å²) in [6, 6.07) is 5.59. The standard InChI is InChI=1S/C18H27Cl2N3O2.HI/c1-2-21-18(23-14-5-7-15(24)8-6-14)22-10-3-11-25-17-9-4-13(19)12-16(17)20;/h4,9,12,14-15,24H,2-3,5-8,10-11H2,1H3,(H2,21,22,23);1H. The minimum atomic E-state index is -0.144. The van der Waals surface area contributed by atoms with Crippen LogP contribution in [0.15, 0.2) is 23.2 Å². The van der Waals surface area contributed by atoms with Gasteiger partial charge in [0.1, 0.15) is 5.75 Å². The van der Waals surface area contributed by atoms with Gasteiger partial charge in [-0.15, -0.1) is 24.0 Å². The summed E-state index contributed by atoms with van der Waals surface area (Å²) >= 11 is 11.9. The molecule has 5 nitrogen and oxygen atoms in total. The first kappa shape index (κ1) is 23.6. The summed E-state index contributed by atoms with van der Waals surface area (Å²) in [5.74, 6) is 1.47. The van der Waals surface area contributed by atoms with Crippen LogP contribution < -0.4 is 15.4 Å². The van der Waals surface area contributed by atoms with E-state index in [1.165, 1.54) is 0 Å². The van der Waals surface area contributed by atoms with Gasteiger partial charge in [-0.2, -0.15) is 0 Å². The van der Waals surface area contributed by atoms with Crippen LogP contribution in [0.1, 0.15) is 39.0 Å². The normalized spacial score (nSPS) is 20.2. The van der Waals surface area contributed by atoms with Crippen LogP contribution in [0.25, 0.3) is 0 Å². The molecule has 0 heterocycles. The van der Waals surface area contributed by atoms with E-state index in [9.17, 15) is 5.11 Å². The van der Waals surface area contributed by atoms with Gasteiger partial charge in [-0.3, -0.25) is 4.99 Å². The second kappa shape index (κ2) is 12.9. The molecule has 0 aromatic heterocycles. The van der Waals surface area contributed by atoms with Crippen LogP contribution in [0.5, 0.6) is 5.75 Å². The van der Waals surface area contributed by atoms with E-state index in [2.05, 4.69) is 15.6 Å². The molecule has 1 aromatic carbocycles. The van der Waals surface area contributed by atoms with E-state index in [4.69, 9.17) is 27.9 Å². The average molecular weight is 516 g/mol. The smallest absolute Gasteiger partial charge is 0.191 e. The highest BCUT2D eigenvalue weighted by molar-refractivity contribution is 14.0. The first-order valence-corrected chi connectivity index (χ1v) is 9.65. The van der Waals surface area contributed by atoms with Crippen LogP contribution >= 0.6 is 47.2 Å². The number of aliphatic hydroxyl groups is 1. The number of aliphatic hydroxyl groups excluding tert-OH is 1. The molecule has 148 valence electrons. The molecule has 1 aliphatic carbocycles. The van der Waals surface area contributed by atoms with Crippen LogP contribution in [0.3, 0.4) is 0 Å². The quantitative estimate of drug-likeness (QED) is 0.220. The fraction of sp³-hybridized carbons (Fsp3) is 0.611. The zero-order valence-corrected chi connectivity index (χ0v) is 18.9. The van der Waals surface area contributed by atoms with Crippen LogP contribution in [0.2, 0.25) is 10.0 Å². The van der Waals surface area contributed by atoms with Crippen molar-refractivity contribution in [3.63, 3.8) is 0 Å². The largest absolute Gasteiger partial charge is 0.492 e. The van der Waals surface area contributed by atoms with E-state index in [0.717, 1.165) is 44.6 Å². The third-order valence-corrected chi connectivity index (χ3v) is 4.64. The van der Waals surface area contributed by atoms with Gasteiger partial charge in [0.05, 0.1) is 17.7 Å². The molecule has 2 rings (SSSR count). The topological polar surface area (TPSA) is 65.9 Å². The number of halogens is 3. The van der Waals surface area contributed by atoms with E-state index in [-0.39, 0.29) is 30.1 Å². The van der Waals surface area contributed by atoms with Crippen molar-refractivity contribution in [1.29, 1.82) is 0 Å². The Hall–Kier alpha value is -0.440. The predicted molar refractivity (Wildman–Crippen MR) is 119 cm³/mol. The molecule has 1 saturated carbocycles. The fourth-order valence-electron chi connectivity index (χ4n) is 2.76. The Morgan fingerprint density at radius 1 is 1.27 bits per heavy atom. The summed E-state index contributed by atoms with van der Waals surface area (Å²) in [5.41, 5.74) is 0. The van der Waals surface area contributed by atoms with E-state index < -0.39 is 0 Å². The summed E-state index contributed by atoms with van der Waals surface area (Å²) in [6.45, 7) is 4.07. The number of aliphatic imine (C=N–C) groups is 1. The van der Waals surface area contributed by atoms with Gasteiger partial charge >= 0.3 is 0 Å². The van der Waals surface area contributed by atoms with Crippen molar-refractivity contribution in [2.75, 3.05) is 19.7 Å². The van der Waals surface area contributed by atoms with Crippen molar-refractivity contribution < 1.29 is 9.84 Å². The summed E-state index contributed by atoms with van der Waals surface area (Å²) < 4.78 is 5.67. The maximum atomic E-state index is 9.59. The van der Waals surface area contributed by atoms with Gasteiger partial charge in [-0.25, -0.2) is 0 Å². The van der Waals surface area contributed by atoms with Gasteiger partial charge in [-0.1, -0.05) is 23.2 Å². The lowest BCUT2D eigenvalue weighted by molar-refractivity contribution is 0.120. The first-order chi connectivity index (χ1) is 12.1. The second-order valence-electron chi connectivity index (χ2n) is 6.19. The van der Waals surface area contributed by atoms with Crippen molar-refractivity contribution in [2.24, 2.45) is 4.99 Å². The highest BCUT2D eigenvalue weighted by Gasteiger charge is 2.19. The molecule has 0 atom stereocenters. The fourth-order valence-corrected chi connectivity index (χ4v) is 3.23. The number of hydrogen-bond donors (Lipinski definition) is 3. The monoisotopic (exact) mass is 515 g/mol. The van der Waals surface area contributed by atoms with Crippen LogP contribution in [0.4, 0.5) is 0 Å². The van der Waals surface area contributed by atoms with E-state index in [1.54, 1.807) is 18.2 Å². The van der Waals surface area contributed by atoms with E-state index in [1.807, 2.05) is 6.92 Å². The summed E-state index contributed by atoms with van der Waals surface area (Å²) in [6.07, 6.45) is 4.31. The van der Waals surface area contributed by atoms with Crippen molar-refractivity contribution in [2.45, 2.75) is 51.2 Å². The maximum Gasteiger partial charge on any atom is 0.191 e. The molecule has 0 saturated heterocycles. The molecule has 1 fully saturated rings. The first-order valence-electron chi connectivity index (χ1n) is 8.89. The molecule has 0 amide bonds. The molecule has 0 bridgehead atoms. The van der Waals surface area contributed by atoms with Gasteiger partial charge in [0.25, 0.3) is 0 Å². The minimum Gasteiger partial charge on any atom is -0.492 e. The van der Waals surface area contributed by atoms with E-state index in [0.29, 0.717) is 35.0 Å². The number of rotatable bonds is 7. The summed E-state index contributed by atoms with van der Waals surface area (Å²) in [7, 11) is 0. The van der Waals surface area contributed by atoms with Gasteiger partial charge < -0.3 is 20.5 Å². The van der Waals surface area contributed by atoms with Crippen molar-refractivity contribution in [3.8, 4) is 5.75 Å². The lowest BCUT2D eigenvalue weighted by Gasteiger charge is -2.27. The summed E-state index contributed by atoms with van der Waals surface area (Å²) in [5, 5.41) is 17.4. The lowest BCUT2D eigenvalue weighted by atomic mass is 9.93. The van der Waals surface area contributed by atoms with Crippen LogP contribution in [-0.4, -0.2) is 42.9 Å². The Morgan fingerprint density at radius 2 is 2.00 bits per heavy atom. The van der Waals surface area contributed by atoms with Gasteiger partial charge in [0.15, 0.2) is 5.96 Å². The Balaban J connectivity index is 0.00000338. The number of nitrogens with one attached hydrogen (secondary N) is 2. The highest BCUT2D eigenvalue weighted by Crippen LogP contribution is 2.27. The highest BCUT2D eigenvalue weighted by atomic mass is 127. The molecule has 0 radical (unpaired) electrons. The number of nitrogens with zero attached hydrogens (tertiary/aromatic N) is 1. The SMILES string of the molecule is CCNC(=NCCCOc1ccc(Cl)cc1Cl)NC1CCC(O)CC1.I. The average Bonchev–Trinajstić information content (AvgIpc) is 2.58. The molecule has 1 aliphatic rings. The molecule has 0 aliphatic heterocycles. The van der Waals surface area contributed by atoms with Gasteiger partial charge in [0, 0.05) is 30.6 Å². The number of guanidine groups is 1. The molecular weight excluding hydrogens is 488 g/mol. The zero-order chi connectivity index (χ0) is 18.1. The number of hydrogen-bond acceptors (Lipinski definition) is 3. The number of benzene rings is 1. The Bertz CT molecular complexity index is 567. The van der Waals surface area contributed by atoms with Crippen LogP contribution in [-0.2, 0) is 0 Å². The maximum absolute atomic E-state index is 9.59. The second-order valence-corrected chi connectivity index (χ2v) is 7.03. The molecular formula is C18H28Cl2IN3O2. The molecule has 0 unspecified atom stereocenters. The Kier molecular flexibility index (Phi) is 11.7. The third-order valence-electron chi connectivity index (χ3n) is 4.11. The van der Waals surface area contributed by atoms with Crippen molar-refractivity contribution in [3.05, 3.63) is 28.2 Å². The number of ether oxygens (including phenoxy) is 1. The minimum absolute atomic E-state index is 0. The molecule has 26 heavy (non-hydrogen) atoms. The van der Waals surface area contributed by atoms with Crippen molar-refractivity contribution >= 4 is 53.1 Å². The third kappa shape index (κ3) is 8.50. The molecule has 8 heteroatoms. The Morgan fingerprint density at radius 3 is 2.65 bits per heavy atom. The Labute approximate surface area is 182 Å².